The lowest BCUT2D eigenvalue weighted by atomic mass is 10.2. The Kier molecular flexibility index (Phi) is 5.04. The number of amides is 2. The number of rotatable bonds is 2. The van der Waals surface area contributed by atoms with Crippen molar-refractivity contribution in [1.82, 2.24) is 4.90 Å². The van der Waals surface area contributed by atoms with Crippen molar-refractivity contribution in [1.29, 1.82) is 0 Å². The average Bonchev–Trinajstić information content (AvgIpc) is 2.44. The largest absolute Gasteiger partial charge is 0.480 e. The van der Waals surface area contributed by atoms with Crippen molar-refractivity contribution >= 4 is 45.4 Å². The molecule has 0 saturated carbocycles. The van der Waals surface area contributed by atoms with Crippen LogP contribution in [0.2, 0.25) is 0 Å². The second-order valence-corrected chi connectivity index (χ2v) is 6.30. The molecule has 0 radical (unpaired) electrons. The van der Waals surface area contributed by atoms with Gasteiger partial charge >= 0.3 is 12.0 Å². The number of carbonyl (C=O) groups excluding carboxylic acids is 1. The van der Waals surface area contributed by atoms with Crippen LogP contribution in [-0.2, 0) is 4.79 Å². The van der Waals surface area contributed by atoms with Gasteiger partial charge in [0.05, 0.1) is 10.2 Å². The minimum absolute atomic E-state index is 0.0595. The number of nitrogens with one attached hydrogen (secondary N) is 1. The number of hydrogen-bond donors (Lipinski definition) is 2. The van der Waals surface area contributed by atoms with Gasteiger partial charge in [0.1, 0.15) is 17.7 Å². The normalized spacial score (nSPS) is 18.4. The summed E-state index contributed by atoms with van der Waals surface area (Å²) >= 11 is 4.26. The Morgan fingerprint density at radius 3 is 2.76 bits per heavy atom. The fourth-order valence-electron chi connectivity index (χ4n) is 1.86. The summed E-state index contributed by atoms with van der Waals surface area (Å²) in [6, 6.07) is -0.00674. The zero-order chi connectivity index (χ0) is 15.6. The van der Waals surface area contributed by atoms with E-state index in [1.54, 1.807) is 0 Å². The van der Waals surface area contributed by atoms with Crippen LogP contribution in [0, 0.1) is 11.6 Å². The van der Waals surface area contributed by atoms with Crippen LogP contribution >= 0.6 is 27.7 Å². The van der Waals surface area contributed by atoms with E-state index in [9.17, 15) is 18.4 Å². The number of benzene rings is 1. The lowest BCUT2D eigenvalue weighted by Crippen LogP contribution is -2.51. The fraction of sp³-hybridized carbons (Fsp3) is 0.333. The number of urea groups is 1. The third-order valence-corrected chi connectivity index (χ3v) is 4.56. The van der Waals surface area contributed by atoms with Gasteiger partial charge in [-0.25, -0.2) is 18.4 Å². The van der Waals surface area contributed by atoms with Gasteiger partial charge in [-0.3, -0.25) is 0 Å². The fourth-order valence-corrected chi connectivity index (χ4v) is 3.21. The van der Waals surface area contributed by atoms with Gasteiger partial charge in [0.25, 0.3) is 0 Å². The molecule has 1 atom stereocenters. The molecule has 5 nitrogen and oxygen atoms in total. The molecule has 2 N–H and O–H groups in total. The van der Waals surface area contributed by atoms with E-state index in [0.29, 0.717) is 5.75 Å². The molecule has 9 heteroatoms. The minimum Gasteiger partial charge on any atom is -0.480 e. The van der Waals surface area contributed by atoms with Gasteiger partial charge in [-0.2, -0.15) is 11.8 Å². The molecule has 1 heterocycles. The van der Waals surface area contributed by atoms with Crippen molar-refractivity contribution in [2.24, 2.45) is 0 Å². The van der Waals surface area contributed by atoms with Crippen molar-refractivity contribution in [3.8, 4) is 0 Å². The molecule has 0 spiro atoms. The van der Waals surface area contributed by atoms with Gasteiger partial charge < -0.3 is 15.3 Å². The highest BCUT2D eigenvalue weighted by Gasteiger charge is 2.32. The molecule has 1 aliphatic heterocycles. The first-order chi connectivity index (χ1) is 9.90. The van der Waals surface area contributed by atoms with Gasteiger partial charge in [-0.15, -0.1) is 0 Å². The molecular formula is C12H11BrF2N2O3S. The Hall–Kier alpha value is -1.35. The maximum atomic E-state index is 13.7. The Morgan fingerprint density at radius 2 is 2.10 bits per heavy atom. The summed E-state index contributed by atoms with van der Waals surface area (Å²) in [5, 5.41) is 11.3. The molecule has 2 rings (SSSR count). The Bertz CT molecular complexity index is 588. The number of nitrogens with zero attached hydrogens (tertiary/aromatic N) is 1. The number of aliphatic carboxylic acids is 1. The third kappa shape index (κ3) is 3.65. The van der Waals surface area contributed by atoms with E-state index in [2.05, 4.69) is 21.2 Å². The monoisotopic (exact) mass is 380 g/mol. The number of carboxylic acid groups (broad SMARTS) is 1. The first-order valence-electron chi connectivity index (χ1n) is 5.93. The van der Waals surface area contributed by atoms with E-state index < -0.39 is 29.7 Å². The molecule has 114 valence electrons. The summed E-state index contributed by atoms with van der Waals surface area (Å²) in [5.74, 6) is -1.81. The van der Waals surface area contributed by atoms with Crippen LogP contribution in [-0.4, -0.2) is 46.1 Å². The number of thioether (sulfide) groups is 1. The molecule has 1 aromatic rings. The molecule has 1 unspecified atom stereocenters. The highest BCUT2D eigenvalue weighted by molar-refractivity contribution is 9.10. The van der Waals surface area contributed by atoms with Gasteiger partial charge in [0, 0.05) is 24.1 Å². The molecule has 0 aromatic heterocycles. The number of halogens is 3. The van der Waals surface area contributed by atoms with E-state index in [0.717, 1.165) is 17.0 Å². The van der Waals surface area contributed by atoms with Crippen LogP contribution < -0.4 is 5.32 Å². The molecule has 0 aliphatic carbocycles. The van der Waals surface area contributed by atoms with Crippen LogP contribution in [0.3, 0.4) is 0 Å². The maximum absolute atomic E-state index is 13.7. The second kappa shape index (κ2) is 6.61. The minimum atomic E-state index is -1.13. The molecule has 1 fully saturated rings. The Morgan fingerprint density at radius 1 is 1.38 bits per heavy atom. The highest BCUT2D eigenvalue weighted by Crippen LogP contribution is 2.24. The molecule has 2 amide bonds. The summed E-state index contributed by atoms with van der Waals surface area (Å²) in [4.78, 5) is 24.3. The lowest BCUT2D eigenvalue weighted by Gasteiger charge is -2.32. The van der Waals surface area contributed by atoms with Crippen molar-refractivity contribution in [3.05, 3.63) is 28.2 Å². The summed E-state index contributed by atoms with van der Waals surface area (Å²) in [6.45, 7) is 0.230. The van der Waals surface area contributed by atoms with Crippen LogP contribution in [0.5, 0.6) is 0 Å². The first-order valence-corrected chi connectivity index (χ1v) is 7.87. The third-order valence-electron chi connectivity index (χ3n) is 2.93. The first kappa shape index (κ1) is 16.0. The molecule has 1 saturated heterocycles. The Balaban J connectivity index is 2.17. The highest BCUT2D eigenvalue weighted by atomic mass is 79.9. The van der Waals surface area contributed by atoms with Crippen molar-refractivity contribution in [2.75, 3.05) is 23.4 Å². The van der Waals surface area contributed by atoms with Crippen LogP contribution in [0.4, 0.5) is 19.3 Å². The quantitative estimate of drug-likeness (QED) is 0.774. The van der Waals surface area contributed by atoms with Crippen LogP contribution in [0.25, 0.3) is 0 Å². The van der Waals surface area contributed by atoms with Crippen LogP contribution in [0.15, 0.2) is 16.6 Å². The lowest BCUT2D eigenvalue weighted by molar-refractivity contribution is -0.141. The van der Waals surface area contributed by atoms with Gasteiger partial charge in [-0.1, -0.05) is 0 Å². The van der Waals surface area contributed by atoms with Crippen molar-refractivity contribution < 1.29 is 23.5 Å². The standard InChI is InChI=1S/C12H11BrF2N2O3S/c13-6-3-8(15)9(4-7(6)14)16-12(20)17-1-2-21-5-10(17)11(18)19/h3-4,10H,1-2,5H2,(H,16,20)(H,18,19). The summed E-state index contributed by atoms with van der Waals surface area (Å²) in [6.07, 6.45) is 0. The van der Waals surface area contributed by atoms with E-state index in [4.69, 9.17) is 5.11 Å². The van der Waals surface area contributed by atoms with Gasteiger partial charge in [-0.05, 0) is 22.0 Å². The van der Waals surface area contributed by atoms with E-state index >= 15 is 0 Å². The SMILES string of the molecule is O=C(O)C1CSCCN1C(=O)Nc1cc(F)c(Br)cc1F. The molecular weight excluding hydrogens is 370 g/mol. The van der Waals surface area contributed by atoms with Crippen LogP contribution in [0.1, 0.15) is 0 Å². The van der Waals surface area contributed by atoms with Gasteiger partial charge in [0.2, 0.25) is 0 Å². The number of carboxylic acids is 1. The summed E-state index contributed by atoms with van der Waals surface area (Å²) in [7, 11) is 0. The van der Waals surface area contributed by atoms with Gasteiger partial charge in [0.15, 0.2) is 0 Å². The number of anilines is 1. The second-order valence-electron chi connectivity index (χ2n) is 4.30. The Labute approximate surface area is 131 Å². The predicted molar refractivity (Wildman–Crippen MR) is 78.5 cm³/mol. The van der Waals surface area contributed by atoms with E-state index in [1.807, 2.05) is 0 Å². The average molecular weight is 381 g/mol. The predicted octanol–water partition coefficient (Wildman–Crippen LogP) is 2.76. The van der Waals surface area contributed by atoms with E-state index in [1.165, 1.54) is 11.8 Å². The topological polar surface area (TPSA) is 69.6 Å². The number of carbonyl (C=O) groups is 2. The molecule has 1 aromatic carbocycles. The smallest absolute Gasteiger partial charge is 0.327 e. The molecule has 1 aliphatic rings. The molecule has 21 heavy (non-hydrogen) atoms. The summed E-state index contributed by atoms with van der Waals surface area (Å²) < 4.78 is 27.0. The summed E-state index contributed by atoms with van der Waals surface area (Å²) in [5.41, 5.74) is -0.330. The number of hydrogen-bond acceptors (Lipinski definition) is 3. The van der Waals surface area contributed by atoms with Crippen molar-refractivity contribution in [3.63, 3.8) is 0 Å². The van der Waals surface area contributed by atoms with E-state index in [-0.39, 0.29) is 22.5 Å². The van der Waals surface area contributed by atoms with Crippen molar-refractivity contribution in [2.45, 2.75) is 6.04 Å². The molecule has 0 bridgehead atoms. The zero-order valence-electron chi connectivity index (χ0n) is 10.6. The zero-order valence-corrected chi connectivity index (χ0v) is 13.0. The maximum Gasteiger partial charge on any atom is 0.327 e.